The van der Waals surface area contributed by atoms with E-state index in [1.54, 1.807) is 19.1 Å². The predicted octanol–water partition coefficient (Wildman–Crippen LogP) is 1.82. The van der Waals surface area contributed by atoms with Crippen LogP contribution in [0.4, 0.5) is 4.39 Å². The van der Waals surface area contributed by atoms with Gasteiger partial charge in [-0.15, -0.1) is 0 Å². The van der Waals surface area contributed by atoms with E-state index in [1.165, 1.54) is 6.07 Å². The van der Waals surface area contributed by atoms with Gasteiger partial charge in [-0.1, -0.05) is 17.7 Å². The Morgan fingerprint density at radius 3 is 2.69 bits per heavy atom. The SMILES string of the molecule is Cc1ccc(F)c(C2(O)CC(C(=O)O)C2)c1. The van der Waals surface area contributed by atoms with E-state index >= 15 is 0 Å². The predicted molar refractivity (Wildman–Crippen MR) is 55.4 cm³/mol. The minimum atomic E-state index is -1.31. The maximum absolute atomic E-state index is 13.5. The van der Waals surface area contributed by atoms with Crippen LogP contribution in [0.2, 0.25) is 0 Å². The van der Waals surface area contributed by atoms with Gasteiger partial charge in [-0.3, -0.25) is 4.79 Å². The number of carboxylic acids is 1. The molecular weight excluding hydrogens is 211 g/mol. The van der Waals surface area contributed by atoms with E-state index in [1.807, 2.05) is 0 Å². The van der Waals surface area contributed by atoms with Crippen molar-refractivity contribution in [2.75, 3.05) is 0 Å². The van der Waals surface area contributed by atoms with E-state index in [4.69, 9.17) is 5.11 Å². The highest BCUT2D eigenvalue weighted by Gasteiger charge is 2.48. The quantitative estimate of drug-likeness (QED) is 0.805. The molecule has 0 spiro atoms. The number of aliphatic hydroxyl groups is 1. The Balaban J connectivity index is 2.26. The number of aryl methyl sites for hydroxylation is 1. The second-order valence-electron chi connectivity index (χ2n) is 4.46. The summed E-state index contributed by atoms with van der Waals surface area (Å²) in [4.78, 5) is 10.6. The van der Waals surface area contributed by atoms with E-state index < -0.39 is 23.3 Å². The average molecular weight is 224 g/mol. The number of hydrogen-bond donors (Lipinski definition) is 2. The summed E-state index contributed by atoms with van der Waals surface area (Å²) in [5.41, 5.74) is -0.243. The summed E-state index contributed by atoms with van der Waals surface area (Å²) < 4.78 is 13.5. The highest BCUT2D eigenvalue weighted by atomic mass is 19.1. The van der Waals surface area contributed by atoms with Crippen molar-refractivity contribution in [3.63, 3.8) is 0 Å². The molecule has 0 heterocycles. The van der Waals surface area contributed by atoms with Gasteiger partial charge in [0.2, 0.25) is 0 Å². The molecule has 4 heteroatoms. The summed E-state index contributed by atoms with van der Waals surface area (Å²) >= 11 is 0. The maximum atomic E-state index is 13.5. The molecule has 0 atom stereocenters. The summed E-state index contributed by atoms with van der Waals surface area (Å²) in [5, 5.41) is 18.8. The fraction of sp³-hybridized carbons (Fsp3) is 0.417. The first-order valence-corrected chi connectivity index (χ1v) is 5.14. The molecule has 1 saturated carbocycles. The van der Waals surface area contributed by atoms with Crippen LogP contribution in [-0.4, -0.2) is 16.2 Å². The topological polar surface area (TPSA) is 57.5 Å². The molecule has 1 aromatic rings. The largest absolute Gasteiger partial charge is 0.481 e. The van der Waals surface area contributed by atoms with Crippen molar-refractivity contribution in [2.24, 2.45) is 5.92 Å². The third-order valence-electron chi connectivity index (χ3n) is 3.14. The number of carbonyl (C=O) groups is 1. The zero-order valence-electron chi connectivity index (χ0n) is 8.90. The molecule has 2 rings (SSSR count). The van der Waals surface area contributed by atoms with Gasteiger partial charge >= 0.3 is 5.97 Å². The summed E-state index contributed by atoms with van der Waals surface area (Å²) in [6, 6.07) is 4.50. The van der Waals surface area contributed by atoms with Gasteiger partial charge in [-0.2, -0.15) is 0 Å². The highest BCUT2D eigenvalue weighted by molar-refractivity contribution is 5.72. The fourth-order valence-corrected chi connectivity index (χ4v) is 2.15. The standard InChI is InChI=1S/C12H13FO3/c1-7-2-3-10(13)9(4-7)12(16)5-8(6-12)11(14)15/h2-4,8,16H,5-6H2,1H3,(H,14,15). The lowest BCUT2D eigenvalue weighted by atomic mass is 9.67. The maximum Gasteiger partial charge on any atom is 0.306 e. The fourth-order valence-electron chi connectivity index (χ4n) is 2.15. The van der Waals surface area contributed by atoms with Crippen LogP contribution in [0.3, 0.4) is 0 Å². The van der Waals surface area contributed by atoms with E-state index in [9.17, 15) is 14.3 Å². The summed E-state index contributed by atoms with van der Waals surface area (Å²) in [6.07, 6.45) is 0.172. The zero-order valence-corrected chi connectivity index (χ0v) is 8.90. The summed E-state index contributed by atoms with van der Waals surface area (Å²) in [7, 11) is 0. The van der Waals surface area contributed by atoms with Crippen molar-refractivity contribution in [3.8, 4) is 0 Å². The van der Waals surface area contributed by atoms with Crippen LogP contribution in [0, 0.1) is 18.7 Å². The van der Waals surface area contributed by atoms with Gasteiger partial charge < -0.3 is 10.2 Å². The minimum absolute atomic E-state index is 0.0860. The molecule has 1 aliphatic carbocycles. The van der Waals surface area contributed by atoms with Crippen molar-refractivity contribution in [3.05, 3.63) is 35.1 Å². The van der Waals surface area contributed by atoms with Gasteiger partial charge in [0.15, 0.2) is 0 Å². The van der Waals surface area contributed by atoms with E-state index in [0.717, 1.165) is 5.56 Å². The molecular formula is C12H13FO3. The van der Waals surface area contributed by atoms with E-state index in [0.29, 0.717) is 0 Å². The Bertz CT molecular complexity index is 436. The Morgan fingerprint density at radius 2 is 2.12 bits per heavy atom. The first kappa shape index (κ1) is 11.1. The van der Waals surface area contributed by atoms with Crippen molar-refractivity contribution in [1.82, 2.24) is 0 Å². The van der Waals surface area contributed by atoms with Gasteiger partial charge in [-0.25, -0.2) is 4.39 Å². The molecule has 3 nitrogen and oxygen atoms in total. The summed E-state index contributed by atoms with van der Waals surface area (Å²) in [6.45, 7) is 1.81. The monoisotopic (exact) mass is 224 g/mol. The lowest BCUT2D eigenvalue weighted by Crippen LogP contribution is -2.45. The number of aliphatic carboxylic acids is 1. The molecule has 16 heavy (non-hydrogen) atoms. The number of halogens is 1. The first-order chi connectivity index (χ1) is 7.42. The first-order valence-electron chi connectivity index (χ1n) is 5.14. The van der Waals surface area contributed by atoms with Crippen molar-refractivity contribution >= 4 is 5.97 Å². The molecule has 86 valence electrons. The van der Waals surface area contributed by atoms with Crippen LogP contribution < -0.4 is 0 Å². The molecule has 1 aromatic carbocycles. The Labute approximate surface area is 92.5 Å². The lowest BCUT2D eigenvalue weighted by molar-refractivity contribution is -0.159. The number of carboxylic acid groups (broad SMARTS) is 1. The third-order valence-corrected chi connectivity index (χ3v) is 3.14. The Morgan fingerprint density at radius 1 is 1.50 bits per heavy atom. The zero-order chi connectivity index (χ0) is 11.9. The average Bonchev–Trinajstić information content (AvgIpc) is 2.16. The van der Waals surface area contributed by atoms with Crippen LogP contribution in [0.15, 0.2) is 18.2 Å². The molecule has 0 saturated heterocycles. The van der Waals surface area contributed by atoms with Crippen molar-refractivity contribution in [1.29, 1.82) is 0 Å². The highest BCUT2D eigenvalue weighted by Crippen LogP contribution is 2.46. The lowest BCUT2D eigenvalue weighted by Gasteiger charge is -2.42. The van der Waals surface area contributed by atoms with Crippen LogP contribution >= 0.6 is 0 Å². The molecule has 1 fully saturated rings. The second kappa shape index (κ2) is 3.56. The van der Waals surface area contributed by atoms with Crippen LogP contribution in [0.1, 0.15) is 24.0 Å². The minimum Gasteiger partial charge on any atom is -0.481 e. The van der Waals surface area contributed by atoms with E-state index in [-0.39, 0.29) is 18.4 Å². The molecule has 0 radical (unpaired) electrons. The Kier molecular flexibility index (Phi) is 2.46. The molecule has 0 aromatic heterocycles. The molecule has 0 unspecified atom stereocenters. The van der Waals surface area contributed by atoms with Crippen LogP contribution in [0.25, 0.3) is 0 Å². The molecule has 1 aliphatic rings. The molecule has 0 aliphatic heterocycles. The van der Waals surface area contributed by atoms with Crippen molar-refractivity contribution < 1.29 is 19.4 Å². The van der Waals surface area contributed by atoms with Gasteiger partial charge in [0.05, 0.1) is 11.5 Å². The smallest absolute Gasteiger partial charge is 0.306 e. The van der Waals surface area contributed by atoms with Gasteiger partial charge in [0, 0.05) is 5.56 Å². The Hall–Kier alpha value is -1.42. The van der Waals surface area contributed by atoms with Gasteiger partial charge in [0.1, 0.15) is 5.82 Å². The third kappa shape index (κ3) is 1.69. The number of benzene rings is 1. The molecule has 0 amide bonds. The van der Waals surface area contributed by atoms with E-state index in [2.05, 4.69) is 0 Å². The van der Waals surface area contributed by atoms with Crippen LogP contribution in [-0.2, 0) is 10.4 Å². The van der Waals surface area contributed by atoms with Gasteiger partial charge in [0.25, 0.3) is 0 Å². The molecule has 0 bridgehead atoms. The number of rotatable bonds is 2. The molecule has 2 N–H and O–H groups in total. The van der Waals surface area contributed by atoms with Crippen LogP contribution in [0.5, 0.6) is 0 Å². The van der Waals surface area contributed by atoms with Gasteiger partial charge in [-0.05, 0) is 25.8 Å². The van der Waals surface area contributed by atoms with Crippen molar-refractivity contribution in [2.45, 2.75) is 25.4 Å². The normalized spacial score (nSPS) is 28.6. The number of hydrogen-bond acceptors (Lipinski definition) is 2. The summed E-state index contributed by atoms with van der Waals surface area (Å²) in [5.74, 6) is -1.97. The second-order valence-corrected chi connectivity index (χ2v) is 4.46.